The van der Waals surface area contributed by atoms with Crippen LogP contribution >= 0.6 is 22.9 Å². The first kappa shape index (κ1) is 19.8. The minimum atomic E-state index is -1.85. The number of halogens is 1. The van der Waals surface area contributed by atoms with Crippen LogP contribution in [-0.4, -0.2) is 23.3 Å². The summed E-state index contributed by atoms with van der Waals surface area (Å²) in [4.78, 5) is 27.9. The van der Waals surface area contributed by atoms with E-state index in [1.807, 2.05) is 30.3 Å². The third kappa shape index (κ3) is 3.86. The first-order valence-corrected chi connectivity index (χ1v) is 10.6. The number of anilines is 1. The summed E-state index contributed by atoms with van der Waals surface area (Å²) in [6, 6.07) is 20.5. The molecule has 4 nitrogen and oxygen atoms in total. The van der Waals surface area contributed by atoms with E-state index in [0.29, 0.717) is 27.0 Å². The highest BCUT2D eigenvalue weighted by Gasteiger charge is 2.50. The second kappa shape index (κ2) is 8.11. The first-order valence-electron chi connectivity index (χ1n) is 9.45. The van der Waals surface area contributed by atoms with Crippen molar-refractivity contribution in [3.05, 3.63) is 87.1 Å². The van der Waals surface area contributed by atoms with E-state index < -0.39 is 11.5 Å². The average molecular weight is 426 g/mol. The lowest BCUT2D eigenvalue weighted by atomic mass is 9.89. The second-order valence-electron chi connectivity index (χ2n) is 7.13. The highest BCUT2D eigenvalue weighted by atomic mass is 35.5. The summed E-state index contributed by atoms with van der Waals surface area (Å²) >= 11 is 7.08. The van der Waals surface area contributed by atoms with E-state index >= 15 is 0 Å². The Morgan fingerprint density at radius 3 is 2.48 bits per heavy atom. The van der Waals surface area contributed by atoms with Gasteiger partial charge in [-0.15, -0.1) is 11.3 Å². The highest BCUT2D eigenvalue weighted by Crippen LogP contribution is 2.43. The predicted molar refractivity (Wildman–Crippen MR) is 116 cm³/mol. The number of thiophene rings is 1. The number of aliphatic hydroxyl groups is 1. The largest absolute Gasteiger partial charge is 0.375 e. The maximum atomic E-state index is 13.2. The van der Waals surface area contributed by atoms with Gasteiger partial charge in [0, 0.05) is 12.1 Å². The van der Waals surface area contributed by atoms with Gasteiger partial charge in [-0.3, -0.25) is 9.59 Å². The number of Topliss-reactive ketones (excluding diaryl/α,β-unsaturated/α-hetero) is 1. The molecule has 1 aliphatic rings. The Balaban J connectivity index is 1.54. The molecule has 0 spiro atoms. The molecule has 0 fully saturated rings. The van der Waals surface area contributed by atoms with Crippen molar-refractivity contribution in [1.82, 2.24) is 0 Å². The number of ketones is 1. The molecule has 29 heavy (non-hydrogen) atoms. The van der Waals surface area contributed by atoms with Gasteiger partial charge in [-0.05, 0) is 36.6 Å². The number of rotatable bonds is 7. The molecule has 3 aromatic rings. The Labute approximate surface area is 178 Å². The topological polar surface area (TPSA) is 57.6 Å². The lowest BCUT2D eigenvalue weighted by Gasteiger charge is -2.22. The van der Waals surface area contributed by atoms with E-state index in [9.17, 15) is 14.7 Å². The molecule has 0 aliphatic carbocycles. The van der Waals surface area contributed by atoms with Crippen molar-refractivity contribution in [3.63, 3.8) is 0 Å². The van der Waals surface area contributed by atoms with Crippen molar-refractivity contribution in [2.24, 2.45) is 0 Å². The van der Waals surface area contributed by atoms with Crippen LogP contribution in [0.4, 0.5) is 5.69 Å². The Morgan fingerprint density at radius 2 is 1.76 bits per heavy atom. The third-order valence-corrected chi connectivity index (χ3v) is 6.47. The smallest absolute Gasteiger partial charge is 0.264 e. The number of fused-ring (bicyclic) bond motifs is 1. The van der Waals surface area contributed by atoms with Crippen molar-refractivity contribution in [3.8, 4) is 0 Å². The molecule has 2 heterocycles. The summed E-state index contributed by atoms with van der Waals surface area (Å²) < 4.78 is 0.501. The van der Waals surface area contributed by atoms with E-state index in [-0.39, 0.29) is 12.2 Å². The molecule has 6 heteroatoms. The molecule has 0 saturated carbocycles. The molecule has 0 radical (unpaired) electrons. The molecule has 0 bridgehead atoms. The monoisotopic (exact) mass is 425 g/mol. The third-order valence-electron chi connectivity index (χ3n) is 5.19. The van der Waals surface area contributed by atoms with Crippen molar-refractivity contribution in [2.75, 3.05) is 11.4 Å². The van der Waals surface area contributed by atoms with Gasteiger partial charge >= 0.3 is 0 Å². The summed E-state index contributed by atoms with van der Waals surface area (Å²) in [6.07, 6.45) is 1.29. The minimum absolute atomic E-state index is 0.293. The number of hydrogen-bond acceptors (Lipinski definition) is 4. The van der Waals surface area contributed by atoms with Crippen LogP contribution in [0.1, 0.15) is 33.6 Å². The summed E-state index contributed by atoms with van der Waals surface area (Å²) in [5.41, 5.74) is 0.509. The Kier molecular flexibility index (Phi) is 5.54. The van der Waals surface area contributed by atoms with E-state index in [4.69, 9.17) is 11.6 Å². The lowest BCUT2D eigenvalue weighted by Crippen LogP contribution is -2.42. The molecule has 1 amide bonds. The molecule has 1 aromatic heterocycles. The summed E-state index contributed by atoms with van der Waals surface area (Å²) in [7, 11) is 0. The number of aryl methyl sites for hydroxylation is 1. The van der Waals surface area contributed by atoms with Gasteiger partial charge in [0.1, 0.15) is 0 Å². The number of carbonyl (C=O) groups excluding carboxylic acids is 2. The van der Waals surface area contributed by atoms with Crippen LogP contribution in [-0.2, 0) is 16.8 Å². The fourth-order valence-electron chi connectivity index (χ4n) is 3.77. The number of carbonyl (C=O) groups is 2. The maximum absolute atomic E-state index is 13.2. The van der Waals surface area contributed by atoms with Gasteiger partial charge in [-0.25, -0.2) is 0 Å². The van der Waals surface area contributed by atoms with Crippen LogP contribution in [0.25, 0.3) is 0 Å². The fourth-order valence-corrected chi connectivity index (χ4v) is 4.75. The molecule has 148 valence electrons. The minimum Gasteiger partial charge on any atom is -0.375 e. The molecule has 0 unspecified atom stereocenters. The van der Waals surface area contributed by atoms with Crippen LogP contribution in [0.5, 0.6) is 0 Å². The van der Waals surface area contributed by atoms with E-state index in [1.165, 1.54) is 5.56 Å². The SMILES string of the molecule is O=C(C[C@]1(O)C(=O)N(CCCc2ccccc2)c2ccccc21)c1ccc(Cl)s1. The zero-order valence-electron chi connectivity index (χ0n) is 15.7. The fraction of sp³-hybridized carbons (Fsp3) is 0.217. The van der Waals surface area contributed by atoms with Crippen LogP contribution in [0.3, 0.4) is 0 Å². The normalized spacial score (nSPS) is 18.1. The molecule has 4 rings (SSSR count). The summed E-state index contributed by atoms with van der Waals surface area (Å²) in [5, 5.41) is 11.3. The van der Waals surface area contributed by atoms with Gasteiger partial charge in [-0.1, -0.05) is 60.1 Å². The van der Waals surface area contributed by atoms with Crippen LogP contribution in [0.15, 0.2) is 66.7 Å². The second-order valence-corrected chi connectivity index (χ2v) is 8.84. The molecule has 1 N–H and O–H groups in total. The van der Waals surface area contributed by atoms with Crippen molar-refractivity contribution < 1.29 is 14.7 Å². The summed E-state index contributed by atoms with van der Waals surface area (Å²) in [5.74, 6) is -0.735. The van der Waals surface area contributed by atoms with Crippen LogP contribution < -0.4 is 4.90 Å². The number of amides is 1. The molecule has 0 saturated heterocycles. The number of nitrogens with zero attached hydrogens (tertiary/aromatic N) is 1. The van der Waals surface area contributed by atoms with Crippen LogP contribution in [0.2, 0.25) is 4.34 Å². The van der Waals surface area contributed by atoms with E-state index in [0.717, 1.165) is 24.2 Å². The first-order chi connectivity index (χ1) is 14.0. The standard InChI is InChI=1S/C23H20ClNO3S/c24-21-13-12-20(29-21)19(26)15-23(28)17-10-4-5-11-18(17)25(22(23)27)14-6-9-16-7-2-1-3-8-16/h1-5,7-8,10-13,28H,6,9,14-15H2/t23-/m1/s1. The van der Waals surface area contributed by atoms with Crippen molar-refractivity contribution >= 4 is 40.3 Å². The molecular weight excluding hydrogens is 406 g/mol. The molecular formula is C23H20ClNO3S. The van der Waals surface area contributed by atoms with Gasteiger partial charge in [0.2, 0.25) is 0 Å². The van der Waals surface area contributed by atoms with E-state index in [2.05, 4.69) is 12.1 Å². The van der Waals surface area contributed by atoms with Gasteiger partial charge in [-0.2, -0.15) is 0 Å². The molecule has 1 aliphatic heterocycles. The van der Waals surface area contributed by atoms with Gasteiger partial charge in [0.15, 0.2) is 11.4 Å². The van der Waals surface area contributed by atoms with Crippen molar-refractivity contribution in [2.45, 2.75) is 24.9 Å². The van der Waals surface area contributed by atoms with E-state index in [1.54, 1.807) is 29.2 Å². The Hall–Kier alpha value is -2.47. The van der Waals surface area contributed by atoms with Gasteiger partial charge in [0.05, 0.1) is 21.3 Å². The maximum Gasteiger partial charge on any atom is 0.264 e. The molecule has 2 aromatic carbocycles. The predicted octanol–water partition coefficient (Wildman–Crippen LogP) is 4.84. The highest BCUT2D eigenvalue weighted by molar-refractivity contribution is 7.18. The average Bonchev–Trinajstić information content (AvgIpc) is 3.25. The van der Waals surface area contributed by atoms with Gasteiger partial charge in [0.25, 0.3) is 5.91 Å². The zero-order valence-corrected chi connectivity index (χ0v) is 17.2. The van der Waals surface area contributed by atoms with Gasteiger partial charge < -0.3 is 10.0 Å². The quantitative estimate of drug-likeness (QED) is 0.551. The lowest BCUT2D eigenvalue weighted by molar-refractivity contribution is -0.135. The zero-order chi connectivity index (χ0) is 20.4. The Morgan fingerprint density at radius 1 is 1.03 bits per heavy atom. The number of para-hydroxylation sites is 1. The van der Waals surface area contributed by atoms with Crippen LogP contribution in [0, 0.1) is 0 Å². The Bertz CT molecular complexity index is 1050. The number of hydrogen-bond donors (Lipinski definition) is 1. The molecule has 1 atom stereocenters. The van der Waals surface area contributed by atoms with Crippen molar-refractivity contribution in [1.29, 1.82) is 0 Å². The number of benzene rings is 2. The summed E-state index contributed by atoms with van der Waals surface area (Å²) in [6.45, 7) is 0.478.